The van der Waals surface area contributed by atoms with Crippen LogP contribution in [0.3, 0.4) is 0 Å². The van der Waals surface area contributed by atoms with Gasteiger partial charge in [-0.2, -0.15) is 0 Å². The van der Waals surface area contributed by atoms with Crippen molar-refractivity contribution in [3.05, 3.63) is 65.2 Å². The van der Waals surface area contributed by atoms with Crippen molar-refractivity contribution in [2.75, 3.05) is 18.6 Å². The topological polar surface area (TPSA) is 102 Å². The Kier molecular flexibility index (Phi) is 5.54. The number of aliphatic hydroxyl groups is 1. The Bertz CT molecular complexity index is 989. The van der Waals surface area contributed by atoms with Gasteiger partial charge in [0.15, 0.2) is 6.35 Å². The lowest BCUT2D eigenvalue weighted by molar-refractivity contribution is -0.124. The number of ether oxygens (including phenoxy) is 1. The molecule has 1 fully saturated rings. The summed E-state index contributed by atoms with van der Waals surface area (Å²) in [6.45, 7) is 0.135. The Morgan fingerprint density at radius 3 is 2.70 bits per heavy atom. The molecule has 2 atom stereocenters. The van der Waals surface area contributed by atoms with Crippen molar-refractivity contribution >= 4 is 23.6 Å². The number of amides is 2. The predicted octanol–water partition coefficient (Wildman–Crippen LogP) is 1.83. The molecule has 2 unspecified atom stereocenters. The van der Waals surface area contributed by atoms with Crippen molar-refractivity contribution in [2.24, 2.45) is 0 Å². The second kappa shape index (κ2) is 8.27. The molecule has 2 amide bonds. The van der Waals surface area contributed by atoms with Crippen molar-refractivity contribution in [3.63, 3.8) is 0 Å². The van der Waals surface area contributed by atoms with E-state index in [1.807, 2.05) is 23.1 Å². The summed E-state index contributed by atoms with van der Waals surface area (Å²) < 4.78 is 5.16. The van der Waals surface area contributed by atoms with Crippen molar-refractivity contribution in [3.8, 4) is 5.75 Å². The first-order valence-electron chi connectivity index (χ1n) is 9.66. The number of aryl methyl sites for hydroxylation is 1. The summed E-state index contributed by atoms with van der Waals surface area (Å²) in [4.78, 5) is 27.1. The van der Waals surface area contributed by atoms with E-state index in [0.717, 1.165) is 29.5 Å². The maximum Gasteiger partial charge on any atom is 0.267 e. The molecule has 0 aromatic heterocycles. The molecule has 0 saturated carbocycles. The largest absolute Gasteiger partial charge is 0.497 e. The summed E-state index contributed by atoms with van der Waals surface area (Å²) in [6.07, 6.45) is 3.44. The zero-order valence-corrected chi connectivity index (χ0v) is 16.5. The molecular formula is C22H23N3O5. The monoisotopic (exact) mass is 409 g/mol. The number of aliphatic hydroxyl groups excluding tert-OH is 1. The van der Waals surface area contributed by atoms with Gasteiger partial charge in [0.25, 0.3) is 5.91 Å². The zero-order chi connectivity index (χ0) is 21.3. The van der Waals surface area contributed by atoms with Gasteiger partial charge in [-0.3, -0.25) is 19.7 Å². The van der Waals surface area contributed by atoms with E-state index in [1.165, 1.54) is 11.0 Å². The van der Waals surface area contributed by atoms with Crippen LogP contribution >= 0.6 is 0 Å². The molecule has 0 radical (unpaired) electrons. The Morgan fingerprint density at radius 2 is 2.00 bits per heavy atom. The van der Waals surface area contributed by atoms with Crippen LogP contribution in [0.5, 0.6) is 5.75 Å². The molecule has 8 nitrogen and oxygen atoms in total. The number of benzene rings is 2. The van der Waals surface area contributed by atoms with Gasteiger partial charge in [0.05, 0.1) is 13.7 Å². The van der Waals surface area contributed by atoms with Crippen molar-refractivity contribution in [1.82, 2.24) is 10.4 Å². The third-order valence-electron chi connectivity index (χ3n) is 5.62. The summed E-state index contributed by atoms with van der Waals surface area (Å²) in [5.41, 5.74) is 5.22. The van der Waals surface area contributed by atoms with Crippen LogP contribution in [0.4, 0.5) is 5.69 Å². The first kappa shape index (κ1) is 20.1. The molecule has 2 aromatic rings. The van der Waals surface area contributed by atoms with Gasteiger partial charge in [0.2, 0.25) is 5.91 Å². The average molecular weight is 409 g/mol. The second-order valence-corrected chi connectivity index (χ2v) is 7.30. The number of carbonyl (C=O) groups excluding carboxylic acids is 2. The molecule has 1 heterocycles. The predicted molar refractivity (Wildman–Crippen MR) is 110 cm³/mol. The highest BCUT2D eigenvalue weighted by Gasteiger charge is 2.43. The van der Waals surface area contributed by atoms with Gasteiger partial charge in [-0.15, -0.1) is 0 Å². The van der Waals surface area contributed by atoms with Crippen LogP contribution in [0.1, 0.15) is 29.2 Å². The first-order valence-corrected chi connectivity index (χ1v) is 9.66. The van der Waals surface area contributed by atoms with Gasteiger partial charge in [-0.25, -0.2) is 10.4 Å². The molecule has 4 rings (SSSR count). The fourth-order valence-electron chi connectivity index (χ4n) is 4.15. The van der Waals surface area contributed by atoms with Gasteiger partial charge in [-0.1, -0.05) is 18.2 Å². The summed E-state index contributed by atoms with van der Waals surface area (Å²) in [5, 5.41) is 19.5. The minimum absolute atomic E-state index is 0.0685. The van der Waals surface area contributed by atoms with E-state index in [9.17, 15) is 14.7 Å². The Morgan fingerprint density at radius 1 is 1.23 bits per heavy atom. The van der Waals surface area contributed by atoms with Crippen molar-refractivity contribution in [2.45, 2.75) is 25.2 Å². The molecule has 156 valence electrons. The third kappa shape index (κ3) is 3.68. The number of nitrogens with zero attached hydrogens (tertiary/aromatic N) is 2. The van der Waals surface area contributed by atoms with Gasteiger partial charge in [-0.05, 0) is 59.9 Å². The number of anilines is 1. The lowest BCUT2D eigenvalue weighted by atomic mass is 10.0. The minimum Gasteiger partial charge on any atom is -0.497 e. The number of carbonyl (C=O) groups is 2. The number of hydroxylamine groups is 1. The fourth-order valence-corrected chi connectivity index (χ4v) is 4.15. The fraction of sp³-hybridized carbons (Fsp3) is 0.273. The highest BCUT2D eigenvalue weighted by molar-refractivity contribution is 5.97. The van der Waals surface area contributed by atoms with E-state index < -0.39 is 12.3 Å². The third-order valence-corrected chi connectivity index (χ3v) is 5.62. The molecule has 30 heavy (non-hydrogen) atoms. The Balaban J connectivity index is 1.54. The lowest BCUT2D eigenvalue weighted by Crippen LogP contribution is -2.40. The minimum atomic E-state index is -1.05. The van der Waals surface area contributed by atoms with E-state index in [2.05, 4.69) is 0 Å². The average Bonchev–Trinajstić information content (AvgIpc) is 3.31. The number of rotatable bonds is 5. The normalized spacial score (nSPS) is 21.3. The number of methoxy groups -OCH3 is 1. The maximum atomic E-state index is 12.7. The standard InChI is InChI=1S/C22H23N3O5/c1-30-17-7-5-16(6-8-17)25-21(27)13-24(22(25)28)19-10-4-15-12-14(2-9-18(15)19)3-11-20(26)23-29/h2-3,5-9,11-12,19,22,28-29H,4,10,13H2,1H3,(H,23,26)/b11-3+. The maximum absolute atomic E-state index is 12.7. The molecule has 2 aliphatic rings. The van der Waals surface area contributed by atoms with E-state index in [4.69, 9.17) is 9.94 Å². The van der Waals surface area contributed by atoms with Crippen LogP contribution < -0.4 is 15.1 Å². The molecule has 8 heteroatoms. The second-order valence-electron chi connectivity index (χ2n) is 7.30. The summed E-state index contributed by atoms with van der Waals surface area (Å²) in [5.74, 6) is -0.0656. The van der Waals surface area contributed by atoms with Gasteiger partial charge < -0.3 is 9.84 Å². The van der Waals surface area contributed by atoms with E-state index >= 15 is 0 Å². The molecule has 0 bridgehead atoms. The quantitative estimate of drug-likeness (QED) is 0.396. The van der Waals surface area contributed by atoms with E-state index in [0.29, 0.717) is 11.4 Å². The Labute approximate surface area is 173 Å². The summed E-state index contributed by atoms with van der Waals surface area (Å²) in [7, 11) is 1.58. The van der Waals surface area contributed by atoms with Crippen LogP contribution in [-0.4, -0.2) is 47.0 Å². The van der Waals surface area contributed by atoms with Gasteiger partial charge in [0.1, 0.15) is 5.75 Å². The molecule has 1 aliphatic heterocycles. The number of hydrogen-bond acceptors (Lipinski definition) is 6. The van der Waals surface area contributed by atoms with Crippen LogP contribution in [-0.2, 0) is 16.0 Å². The number of fused-ring (bicyclic) bond motifs is 1. The van der Waals surface area contributed by atoms with Gasteiger partial charge in [0, 0.05) is 17.8 Å². The van der Waals surface area contributed by atoms with Crippen molar-refractivity contribution < 1.29 is 24.6 Å². The number of hydrogen-bond donors (Lipinski definition) is 3. The first-order chi connectivity index (χ1) is 14.5. The van der Waals surface area contributed by atoms with Crippen LogP contribution in [0.25, 0.3) is 6.08 Å². The van der Waals surface area contributed by atoms with Crippen LogP contribution in [0, 0.1) is 0 Å². The zero-order valence-electron chi connectivity index (χ0n) is 16.5. The van der Waals surface area contributed by atoms with E-state index in [-0.39, 0.29) is 18.5 Å². The smallest absolute Gasteiger partial charge is 0.267 e. The molecule has 0 spiro atoms. The molecule has 1 saturated heterocycles. The Hall–Kier alpha value is -3.20. The molecular weight excluding hydrogens is 386 g/mol. The molecule has 1 aliphatic carbocycles. The van der Waals surface area contributed by atoms with Crippen LogP contribution in [0.15, 0.2) is 48.5 Å². The SMILES string of the molecule is COc1ccc(N2C(=O)CN(C3CCc4cc(/C=C/C(=O)NO)ccc43)C2O)cc1. The summed E-state index contributed by atoms with van der Waals surface area (Å²) in [6, 6.07) is 12.8. The number of nitrogens with one attached hydrogen (secondary N) is 1. The molecule has 2 aromatic carbocycles. The molecule has 3 N–H and O–H groups in total. The highest BCUT2D eigenvalue weighted by atomic mass is 16.5. The lowest BCUT2D eigenvalue weighted by Gasteiger charge is -2.30. The highest BCUT2D eigenvalue weighted by Crippen LogP contribution is 2.40. The summed E-state index contributed by atoms with van der Waals surface area (Å²) >= 11 is 0. The van der Waals surface area contributed by atoms with Crippen molar-refractivity contribution in [1.29, 1.82) is 0 Å². The van der Waals surface area contributed by atoms with Crippen LogP contribution in [0.2, 0.25) is 0 Å². The van der Waals surface area contributed by atoms with E-state index in [1.54, 1.807) is 42.9 Å². The van der Waals surface area contributed by atoms with Gasteiger partial charge >= 0.3 is 0 Å².